The number of H-pyrrole nitrogens is 1. The SMILES string of the molecule is NC(=O)c1cccc(N=Cc2c(O)[nH]c3ccc4ncsc4c23)c1. The largest absolute Gasteiger partial charge is 0.494 e. The number of fused-ring (bicyclic) bond motifs is 3. The van der Waals surface area contributed by atoms with Gasteiger partial charge in [0, 0.05) is 17.2 Å². The summed E-state index contributed by atoms with van der Waals surface area (Å²) in [6.45, 7) is 0. The first-order chi connectivity index (χ1) is 11.6. The fraction of sp³-hybridized carbons (Fsp3) is 0. The van der Waals surface area contributed by atoms with E-state index in [2.05, 4.69) is 15.0 Å². The Labute approximate surface area is 140 Å². The molecule has 0 saturated heterocycles. The first-order valence-corrected chi connectivity index (χ1v) is 8.02. The molecule has 0 bridgehead atoms. The summed E-state index contributed by atoms with van der Waals surface area (Å²) in [5, 5.41) is 11.1. The Kier molecular flexibility index (Phi) is 3.28. The molecule has 4 N–H and O–H groups in total. The molecule has 4 rings (SSSR count). The quantitative estimate of drug-likeness (QED) is 0.500. The topological polar surface area (TPSA) is 104 Å². The highest BCUT2D eigenvalue weighted by Crippen LogP contribution is 2.34. The van der Waals surface area contributed by atoms with Crippen LogP contribution in [0, 0.1) is 0 Å². The van der Waals surface area contributed by atoms with Crippen LogP contribution in [0.4, 0.5) is 5.69 Å². The standard InChI is InChI=1S/C17H12N4O2S/c18-16(22)9-2-1-3-10(6-9)19-7-11-14-12(21-17(11)23)4-5-13-15(14)24-8-20-13/h1-8,21,23H,(H2,18,22). The number of nitrogens with zero attached hydrogens (tertiary/aromatic N) is 2. The number of hydrogen-bond donors (Lipinski definition) is 3. The molecule has 0 radical (unpaired) electrons. The first-order valence-electron chi connectivity index (χ1n) is 7.14. The van der Waals surface area contributed by atoms with E-state index in [1.807, 2.05) is 12.1 Å². The average molecular weight is 336 g/mol. The molecular weight excluding hydrogens is 324 g/mol. The molecule has 1 amide bonds. The molecular formula is C17H12N4O2S. The summed E-state index contributed by atoms with van der Waals surface area (Å²) in [5.41, 5.74) is 10.3. The fourth-order valence-corrected chi connectivity index (χ4v) is 3.47. The number of aromatic hydroxyl groups is 1. The van der Waals surface area contributed by atoms with Crippen LogP contribution in [0.2, 0.25) is 0 Å². The highest BCUT2D eigenvalue weighted by atomic mass is 32.1. The molecule has 2 aromatic carbocycles. The number of nitrogens with one attached hydrogen (secondary N) is 1. The molecule has 0 saturated carbocycles. The van der Waals surface area contributed by atoms with E-state index in [4.69, 9.17) is 5.73 Å². The number of benzene rings is 2. The molecule has 6 nitrogen and oxygen atoms in total. The van der Waals surface area contributed by atoms with Crippen molar-refractivity contribution in [1.82, 2.24) is 9.97 Å². The molecule has 0 spiro atoms. The van der Waals surface area contributed by atoms with Gasteiger partial charge in [-0.25, -0.2) is 4.98 Å². The lowest BCUT2D eigenvalue weighted by Gasteiger charge is -1.98. The van der Waals surface area contributed by atoms with Crippen molar-refractivity contribution in [3.8, 4) is 5.88 Å². The van der Waals surface area contributed by atoms with Gasteiger partial charge in [-0.05, 0) is 30.3 Å². The van der Waals surface area contributed by atoms with E-state index < -0.39 is 5.91 Å². The lowest BCUT2D eigenvalue weighted by atomic mass is 10.1. The van der Waals surface area contributed by atoms with Crippen molar-refractivity contribution < 1.29 is 9.90 Å². The number of carbonyl (C=O) groups is 1. The summed E-state index contributed by atoms with van der Waals surface area (Å²) in [6.07, 6.45) is 1.58. The Morgan fingerprint density at radius 3 is 3.04 bits per heavy atom. The number of amides is 1. The van der Waals surface area contributed by atoms with Crippen LogP contribution in [0.15, 0.2) is 46.9 Å². The maximum absolute atomic E-state index is 11.3. The average Bonchev–Trinajstić information content (AvgIpc) is 3.16. The Balaban J connectivity index is 1.84. The summed E-state index contributed by atoms with van der Waals surface area (Å²) in [7, 11) is 0. The van der Waals surface area contributed by atoms with Crippen LogP contribution in [0.1, 0.15) is 15.9 Å². The number of thiazole rings is 1. The molecule has 24 heavy (non-hydrogen) atoms. The Hall–Kier alpha value is -3.19. The molecule has 118 valence electrons. The second-order valence-corrected chi connectivity index (χ2v) is 6.10. The number of rotatable bonds is 3. The molecule has 2 aromatic heterocycles. The number of aromatic amines is 1. The van der Waals surface area contributed by atoms with E-state index in [9.17, 15) is 9.90 Å². The van der Waals surface area contributed by atoms with Crippen LogP contribution in [0.25, 0.3) is 21.1 Å². The number of aromatic nitrogens is 2. The third-order valence-electron chi connectivity index (χ3n) is 3.75. The van der Waals surface area contributed by atoms with Gasteiger partial charge in [-0.2, -0.15) is 0 Å². The van der Waals surface area contributed by atoms with Gasteiger partial charge < -0.3 is 15.8 Å². The second-order valence-electron chi connectivity index (χ2n) is 5.25. The molecule has 0 aliphatic carbocycles. The number of carbonyl (C=O) groups excluding carboxylic acids is 1. The van der Waals surface area contributed by atoms with Gasteiger partial charge in [0.2, 0.25) is 5.91 Å². The molecule has 2 heterocycles. The number of hydrogen-bond acceptors (Lipinski definition) is 5. The van der Waals surface area contributed by atoms with Gasteiger partial charge in [0.05, 0.1) is 32.5 Å². The first kappa shape index (κ1) is 14.4. The van der Waals surface area contributed by atoms with Crippen LogP contribution >= 0.6 is 11.3 Å². The predicted molar refractivity (Wildman–Crippen MR) is 95.4 cm³/mol. The highest BCUT2D eigenvalue weighted by molar-refractivity contribution is 7.17. The van der Waals surface area contributed by atoms with Gasteiger partial charge in [0.15, 0.2) is 5.88 Å². The summed E-state index contributed by atoms with van der Waals surface area (Å²) in [5.74, 6) is -0.464. The molecule has 0 fully saturated rings. The monoisotopic (exact) mass is 336 g/mol. The van der Waals surface area contributed by atoms with Crippen LogP contribution in [0.3, 0.4) is 0 Å². The molecule has 0 aliphatic heterocycles. The van der Waals surface area contributed by atoms with Crippen molar-refractivity contribution in [1.29, 1.82) is 0 Å². The van der Waals surface area contributed by atoms with Crippen molar-refractivity contribution >= 4 is 50.3 Å². The van der Waals surface area contributed by atoms with E-state index >= 15 is 0 Å². The van der Waals surface area contributed by atoms with E-state index in [0.717, 1.165) is 21.1 Å². The van der Waals surface area contributed by atoms with E-state index in [-0.39, 0.29) is 5.88 Å². The minimum atomic E-state index is -0.506. The van der Waals surface area contributed by atoms with Crippen molar-refractivity contribution in [3.63, 3.8) is 0 Å². The Morgan fingerprint density at radius 1 is 1.33 bits per heavy atom. The maximum Gasteiger partial charge on any atom is 0.248 e. The summed E-state index contributed by atoms with van der Waals surface area (Å²) < 4.78 is 0.983. The highest BCUT2D eigenvalue weighted by Gasteiger charge is 2.13. The van der Waals surface area contributed by atoms with Crippen LogP contribution in [0.5, 0.6) is 5.88 Å². The van der Waals surface area contributed by atoms with Gasteiger partial charge in [-0.3, -0.25) is 9.79 Å². The minimum absolute atomic E-state index is 0.0423. The molecule has 0 aliphatic rings. The minimum Gasteiger partial charge on any atom is -0.494 e. The lowest BCUT2D eigenvalue weighted by molar-refractivity contribution is 0.100. The van der Waals surface area contributed by atoms with E-state index in [0.29, 0.717) is 16.8 Å². The van der Waals surface area contributed by atoms with Gasteiger partial charge in [0.25, 0.3) is 0 Å². The molecule has 0 unspecified atom stereocenters. The summed E-state index contributed by atoms with van der Waals surface area (Å²) in [6, 6.07) is 10.5. The van der Waals surface area contributed by atoms with E-state index in [1.54, 1.807) is 36.0 Å². The number of primary amides is 1. The van der Waals surface area contributed by atoms with Crippen LogP contribution < -0.4 is 5.73 Å². The van der Waals surface area contributed by atoms with Gasteiger partial charge in [0.1, 0.15) is 0 Å². The van der Waals surface area contributed by atoms with Crippen molar-refractivity contribution in [2.24, 2.45) is 10.7 Å². The molecule has 7 heteroatoms. The Morgan fingerprint density at radius 2 is 2.21 bits per heavy atom. The predicted octanol–water partition coefficient (Wildman–Crippen LogP) is 3.33. The third-order valence-corrected chi connectivity index (χ3v) is 4.61. The third kappa shape index (κ3) is 2.31. The van der Waals surface area contributed by atoms with Crippen LogP contribution in [-0.2, 0) is 0 Å². The van der Waals surface area contributed by atoms with Gasteiger partial charge in [-0.15, -0.1) is 11.3 Å². The smallest absolute Gasteiger partial charge is 0.248 e. The zero-order chi connectivity index (χ0) is 16.7. The van der Waals surface area contributed by atoms with Crippen molar-refractivity contribution in [2.45, 2.75) is 0 Å². The summed E-state index contributed by atoms with van der Waals surface area (Å²) >= 11 is 1.51. The molecule has 4 aromatic rings. The van der Waals surface area contributed by atoms with Crippen molar-refractivity contribution in [3.05, 3.63) is 53.0 Å². The number of aliphatic imine (C=N–C) groups is 1. The van der Waals surface area contributed by atoms with Gasteiger partial charge >= 0.3 is 0 Å². The zero-order valence-electron chi connectivity index (χ0n) is 12.4. The van der Waals surface area contributed by atoms with Crippen LogP contribution in [-0.4, -0.2) is 27.2 Å². The van der Waals surface area contributed by atoms with Gasteiger partial charge in [-0.1, -0.05) is 6.07 Å². The summed E-state index contributed by atoms with van der Waals surface area (Å²) in [4.78, 5) is 22.9. The number of nitrogens with two attached hydrogens (primary N) is 1. The second kappa shape index (κ2) is 5.47. The van der Waals surface area contributed by atoms with Crippen molar-refractivity contribution in [2.75, 3.05) is 0 Å². The Bertz CT molecular complexity index is 1110. The zero-order valence-corrected chi connectivity index (χ0v) is 13.2. The lowest BCUT2D eigenvalue weighted by Crippen LogP contribution is -2.10. The fourth-order valence-electron chi connectivity index (χ4n) is 2.62. The normalized spacial score (nSPS) is 11.7. The maximum atomic E-state index is 11.3. The molecule has 0 atom stereocenters. The van der Waals surface area contributed by atoms with E-state index in [1.165, 1.54) is 11.3 Å².